The van der Waals surface area contributed by atoms with Gasteiger partial charge in [0.25, 0.3) is 0 Å². The van der Waals surface area contributed by atoms with Crippen molar-refractivity contribution in [2.24, 2.45) is 11.7 Å². The maximum atomic E-state index is 9.95. The SMILES string of the molecule is CC(C)CC[C@H](O)[C@H](N)c1ccc(Br)cc1. The van der Waals surface area contributed by atoms with Crippen LogP contribution in [0.5, 0.6) is 0 Å². The van der Waals surface area contributed by atoms with E-state index in [-0.39, 0.29) is 6.04 Å². The monoisotopic (exact) mass is 285 g/mol. The normalized spacial score (nSPS) is 15.1. The first-order valence-electron chi connectivity index (χ1n) is 5.70. The van der Waals surface area contributed by atoms with E-state index in [1.165, 1.54) is 0 Å². The van der Waals surface area contributed by atoms with E-state index in [2.05, 4.69) is 29.8 Å². The van der Waals surface area contributed by atoms with Gasteiger partial charge in [-0.3, -0.25) is 0 Å². The first kappa shape index (κ1) is 13.7. The second kappa shape index (κ2) is 6.38. The fourth-order valence-electron chi connectivity index (χ4n) is 1.59. The summed E-state index contributed by atoms with van der Waals surface area (Å²) in [5.41, 5.74) is 7.00. The number of hydrogen-bond acceptors (Lipinski definition) is 2. The third kappa shape index (κ3) is 4.24. The highest BCUT2D eigenvalue weighted by atomic mass is 79.9. The van der Waals surface area contributed by atoms with Crippen LogP contribution in [0, 0.1) is 5.92 Å². The minimum absolute atomic E-state index is 0.285. The second-order valence-corrected chi connectivity index (χ2v) is 5.53. The van der Waals surface area contributed by atoms with E-state index in [9.17, 15) is 5.11 Å². The van der Waals surface area contributed by atoms with Crippen LogP contribution in [0.1, 0.15) is 38.3 Å². The van der Waals surface area contributed by atoms with E-state index in [4.69, 9.17) is 5.73 Å². The minimum Gasteiger partial charge on any atom is -0.391 e. The Morgan fingerprint density at radius 3 is 2.25 bits per heavy atom. The first-order valence-corrected chi connectivity index (χ1v) is 6.49. The standard InChI is InChI=1S/C13H20BrNO/c1-9(2)3-8-12(16)13(15)10-4-6-11(14)7-5-10/h4-7,9,12-13,16H,3,8,15H2,1-2H3/t12-,13+/m0/s1. The molecule has 1 aromatic rings. The van der Waals surface area contributed by atoms with Gasteiger partial charge in [0.2, 0.25) is 0 Å². The summed E-state index contributed by atoms with van der Waals surface area (Å²) >= 11 is 3.38. The zero-order valence-corrected chi connectivity index (χ0v) is 11.4. The highest BCUT2D eigenvalue weighted by Crippen LogP contribution is 2.21. The lowest BCUT2D eigenvalue weighted by Crippen LogP contribution is -2.26. The van der Waals surface area contributed by atoms with Crippen LogP contribution < -0.4 is 5.73 Å². The molecule has 0 aliphatic heterocycles. The van der Waals surface area contributed by atoms with Crippen molar-refractivity contribution in [1.29, 1.82) is 0 Å². The molecule has 2 nitrogen and oxygen atoms in total. The summed E-state index contributed by atoms with van der Waals surface area (Å²) in [4.78, 5) is 0. The van der Waals surface area contributed by atoms with Crippen LogP contribution in [0.4, 0.5) is 0 Å². The number of aliphatic hydroxyl groups is 1. The maximum Gasteiger partial charge on any atom is 0.0732 e. The highest BCUT2D eigenvalue weighted by molar-refractivity contribution is 9.10. The van der Waals surface area contributed by atoms with Gasteiger partial charge in [-0.05, 0) is 36.5 Å². The van der Waals surface area contributed by atoms with Crippen LogP contribution in [0.15, 0.2) is 28.7 Å². The topological polar surface area (TPSA) is 46.2 Å². The van der Waals surface area contributed by atoms with Crippen LogP contribution in [0.3, 0.4) is 0 Å². The summed E-state index contributed by atoms with van der Waals surface area (Å²) in [6, 6.07) is 7.52. The molecule has 0 saturated heterocycles. The highest BCUT2D eigenvalue weighted by Gasteiger charge is 2.16. The zero-order valence-electron chi connectivity index (χ0n) is 9.86. The lowest BCUT2D eigenvalue weighted by molar-refractivity contribution is 0.128. The van der Waals surface area contributed by atoms with E-state index in [0.29, 0.717) is 5.92 Å². The fourth-order valence-corrected chi connectivity index (χ4v) is 1.86. The van der Waals surface area contributed by atoms with Gasteiger partial charge >= 0.3 is 0 Å². The van der Waals surface area contributed by atoms with Crippen molar-refractivity contribution >= 4 is 15.9 Å². The van der Waals surface area contributed by atoms with E-state index in [0.717, 1.165) is 22.9 Å². The molecule has 0 aliphatic rings. The molecule has 0 aromatic heterocycles. The van der Waals surface area contributed by atoms with E-state index in [1.807, 2.05) is 24.3 Å². The number of aliphatic hydroxyl groups excluding tert-OH is 1. The second-order valence-electron chi connectivity index (χ2n) is 4.62. The molecule has 0 aliphatic carbocycles. The third-order valence-corrected chi connectivity index (χ3v) is 3.24. The molecule has 0 fully saturated rings. The van der Waals surface area contributed by atoms with Gasteiger partial charge in [0.05, 0.1) is 12.1 Å². The van der Waals surface area contributed by atoms with Crippen molar-refractivity contribution in [3.8, 4) is 0 Å². The molecule has 0 heterocycles. The summed E-state index contributed by atoms with van der Waals surface area (Å²) in [7, 11) is 0. The molecule has 0 spiro atoms. The van der Waals surface area contributed by atoms with Crippen molar-refractivity contribution in [2.75, 3.05) is 0 Å². The Labute approximate surface area is 106 Å². The van der Waals surface area contributed by atoms with Gasteiger partial charge in [0, 0.05) is 4.47 Å². The first-order chi connectivity index (χ1) is 7.50. The van der Waals surface area contributed by atoms with Gasteiger partial charge < -0.3 is 10.8 Å². The summed E-state index contributed by atoms with van der Waals surface area (Å²) in [5.74, 6) is 0.603. The number of hydrogen-bond donors (Lipinski definition) is 2. The summed E-state index contributed by atoms with van der Waals surface area (Å²) in [5, 5.41) is 9.95. The summed E-state index contributed by atoms with van der Waals surface area (Å²) in [6.07, 6.45) is 1.31. The van der Waals surface area contributed by atoms with Crippen molar-refractivity contribution < 1.29 is 5.11 Å². The number of halogens is 1. The van der Waals surface area contributed by atoms with Crippen molar-refractivity contribution in [1.82, 2.24) is 0 Å². The molecular formula is C13H20BrNO. The molecule has 0 amide bonds. The van der Waals surface area contributed by atoms with Crippen LogP contribution in [-0.2, 0) is 0 Å². The third-order valence-electron chi connectivity index (χ3n) is 2.71. The van der Waals surface area contributed by atoms with E-state index in [1.54, 1.807) is 0 Å². The Kier molecular flexibility index (Phi) is 5.46. The van der Waals surface area contributed by atoms with E-state index >= 15 is 0 Å². The Hall–Kier alpha value is -0.380. The molecule has 0 bridgehead atoms. The molecule has 0 unspecified atom stereocenters. The molecule has 0 saturated carbocycles. The van der Waals surface area contributed by atoms with Crippen molar-refractivity contribution in [2.45, 2.75) is 38.8 Å². The molecule has 16 heavy (non-hydrogen) atoms. The van der Waals surface area contributed by atoms with Crippen molar-refractivity contribution in [3.63, 3.8) is 0 Å². The molecular weight excluding hydrogens is 266 g/mol. The van der Waals surface area contributed by atoms with Gasteiger partial charge in [0.1, 0.15) is 0 Å². The van der Waals surface area contributed by atoms with Crippen LogP contribution in [-0.4, -0.2) is 11.2 Å². The maximum absolute atomic E-state index is 9.95. The molecule has 1 aromatic carbocycles. The lowest BCUT2D eigenvalue weighted by atomic mass is 9.96. The Bertz CT molecular complexity index is 310. The predicted molar refractivity (Wildman–Crippen MR) is 71.1 cm³/mol. The lowest BCUT2D eigenvalue weighted by Gasteiger charge is -2.20. The Balaban J connectivity index is 2.56. The van der Waals surface area contributed by atoms with Crippen molar-refractivity contribution in [3.05, 3.63) is 34.3 Å². The Morgan fingerprint density at radius 1 is 1.19 bits per heavy atom. The summed E-state index contributed by atoms with van der Waals surface area (Å²) in [6.45, 7) is 4.30. The molecule has 3 heteroatoms. The number of rotatable bonds is 5. The zero-order chi connectivity index (χ0) is 12.1. The number of benzene rings is 1. The van der Waals surface area contributed by atoms with Gasteiger partial charge in [-0.2, -0.15) is 0 Å². The molecule has 0 radical (unpaired) electrons. The quantitative estimate of drug-likeness (QED) is 0.872. The minimum atomic E-state index is -0.455. The van der Waals surface area contributed by atoms with Crippen LogP contribution >= 0.6 is 15.9 Å². The van der Waals surface area contributed by atoms with Gasteiger partial charge in [0.15, 0.2) is 0 Å². The Morgan fingerprint density at radius 2 is 1.75 bits per heavy atom. The van der Waals surface area contributed by atoms with Gasteiger partial charge in [-0.25, -0.2) is 0 Å². The summed E-state index contributed by atoms with van der Waals surface area (Å²) < 4.78 is 1.03. The molecule has 1 rings (SSSR count). The number of nitrogens with two attached hydrogens (primary N) is 1. The molecule has 3 N–H and O–H groups in total. The van der Waals surface area contributed by atoms with Crippen LogP contribution in [0.2, 0.25) is 0 Å². The predicted octanol–water partition coefficient (Wildman–Crippen LogP) is 3.25. The fraction of sp³-hybridized carbons (Fsp3) is 0.538. The van der Waals surface area contributed by atoms with E-state index < -0.39 is 6.10 Å². The van der Waals surface area contributed by atoms with Gasteiger partial charge in [-0.1, -0.05) is 41.9 Å². The molecule has 2 atom stereocenters. The average molecular weight is 286 g/mol. The average Bonchev–Trinajstić information content (AvgIpc) is 2.26. The largest absolute Gasteiger partial charge is 0.391 e. The van der Waals surface area contributed by atoms with Crippen LogP contribution in [0.25, 0.3) is 0 Å². The molecule has 90 valence electrons. The van der Waals surface area contributed by atoms with Gasteiger partial charge in [-0.15, -0.1) is 0 Å². The smallest absolute Gasteiger partial charge is 0.0732 e.